The molecule has 3 heterocycles. The standard InChI is InChI=1S/C37H45F3N6O7/c1-35-10-7-23-22-6-4-21(47)13-20(22)3-5-24(23)25(35)8-11-36(35,51)9-2-12-42-34(50)26-14-44-31(17-43-26)53-19-28-33(49)32(48)27(18-52-28)45-30-16-41-15-29(46-30)37(38,39)40/h4,6,13-17,23-25,27-28,32-33,47-49,51H,2-3,5,7-12,18-19H2,1H3,(H,42,50)(H,45,46)/t23-,24-,25+,27+,28-,32-,33+,35+,36+/m1/s1. The Morgan fingerprint density at radius 3 is 2.68 bits per heavy atom. The number of hydrogen-bond acceptors (Lipinski definition) is 12. The number of halogens is 3. The summed E-state index contributed by atoms with van der Waals surface area (Å²) in [5, 5.41) is 48.6. The number of nitrogens with one attached hydrogen (secondary N) is 2. The number of aliphatic hydroxyl groups excluding tert-OH is 2. The van der Waals surface area contributed by atoms with Gasteiger partial charge in [-0.15, -0.1) is 0 Å². The molecule has 9 atom stereocenters. The van der Waals surface area contributed by atoms with Crippen molar-refractivity contribution >= 4 is 11.7 Å². The molecule has 53 heavy (non-hydrogen) atoms. The monoisotopic (exact) mass is 742 g/mol. The van der Waals surface area contributed by atoms with Crippen molar-refractivity contribution in [3.63, 3.8) is 0 Å². The zero-order valence-electron chi connectivity index (χ0n) is 29.3. The summed E-state index contributed by atoms with van der Waals surface area (Å²) in [4.78, 5) is 28.1. The molecule has 4 aliphatic rings. The van der Waals surface area contributed by atoms with Crippen molar-refractivity contribution in [3.8, 4) is 11.6 Å². The molecular formula is C37H45F3N6O7. The molecule has 2 aromatic heterocycles. The number of hydrogen-bond donors (Lipinski definition) is 6. The highest BCUT2D eigenvalue weighted by molar-refractivity contribution is 5.91. The number of phenols is 1. The lowest BCUT2D eigenvalue weighted by Gasteiger charge is -2.53. The minimum atomic E-state index is -4.69. The second-order valence-electron chi connectivity index (χ2n) is 15.1. The summed E-state index contributed by atoms with van der Waals surface area (Å²) >= 11 is 0. The molecule has 3 aliphatic carbocycles. The Bertz CT molecular complexity index is 1790. The number of rotatable bonds is 10. The van der Waals surface area contributed by atoms with Crippen molar-refractivity contribution in [2.75, 3.05) is 25.1 Å². The lowest BCUT2D eigenvalue weighted by Crippen LogP contribution is -2.57. The van der Waals surface area contributed by atoms with Crippen molar-refractivity contribution in [1.29, 1.82) is 0 Å². The minimum absolute atomic E-state index is 0.0481. The van der Waals surface area contributed by atoms with Gasteiger partial charge in [-0.25, -0.2) is 15.0 Å². The Morgan fingerprint density at radius 2 is 1.91 bits per heavy atom. The average molecular weight is 743 g/mol. The highest BCUT2D eigenvalue weighted by Crippen LogP contribution is 2.65. The van der Waals surface area contributed by atoms with Crippen molar-refractivity contribution in [2.24, 2.45) is 17.3 Å². The molecule has 0 bridgehead atoms. The van der Waals surface area contributed by atoms with Crippen LogP contribution in [0.25, 0.3) is 0 Å². The molecule has 13 nitrogen and oxygen atoms in total. The summed E-state index contributed by atoms with van der Waals surface area (Å²) in [6.07, 6.45) is 2.49. The number of aromatic nitrogens is 4. The zero-order chi connectivity index (χ0) is 37.5. The molecule has 3 fully saturated rings. The molecule has 16 heteroatoms. The predicted molar refractivity (Wildman–Crippen MR) is 183 cm³/mol. The van der Waals surface area contributed by atoms with Crippen LogP contribution in [0.4, 0.5) is 19.0 Å². The van der Waals surface area contributed by atoms with Gasteiger partial charge in [0.15, 0.2) is 5.69 Å². The van der Waals surface area contributed by atoms with Gasteiger partial charge in [-0.05, 0) is 97.8 Å². The van der Waals surface area contributed by atoms with Gasteiger partial charge in [0.25, 0.3) is 5.91 Å². The van der Waals surface area contributed by atoms with Crippen LogP contribution in [0.15, 0.2) is 43.0 Å². The molecule has 1 saturated heterocycles. The number of aryl methyl sites for hydroxylation is 1. The molecule has 0 radical (unpaired) electrons. The Morgan fingerprint density at radius 1 is 1.08 bits per heavy atom. The molecule has 1 aromatic carbocycles. The van der Waals surface area contributed by atoms with Gasteiger partial charge in [-0.3, -0.25) is 9.78 Å². The summed E-state index contributed by atoms with van der Waals surface area (Å²) in [6, 6.07) is 4.82. The molecule has 7 rings (SSSR count). The van der Waals surface area contributed by atoms with Gasteiger partial charge in [0.05, 0.1) is 43.0 Å². The Kier molecular flexibility index (Phi) is 10.3. The Hall–Kier alpha value is -4.12. The van der Waals surface area contributed by atoms with E-state index in [0.717, 1.165) is 44.7 Å². The SMILES string of the molecule is C[C@]12CC[C@@H]3c4ccc(O)cc4CC[C@H]3[C@@H]1CC[C@@]2(O)CCCNC(=O)c1cnc(OC[C@H]2OC[C@H](Nc3cncc(C(F)(F)F)n3)[C@@H](O)[C@H]2O)cn1. The summed E-state index contributed by atoms with van der Waals surface area (Å²) < 4.78 is 50.1. The summed E-state index contributed by atoms with van der Waals surface area (Å²) in [7, 11) is 0. The number of benzene rings is 1. The lowest BCUT2D eigenvalue weighted by atomic mass is 9.53. The molecule has 0 spiro atoms. The van der Waals surface area contributed by atoms with Gasteiger partial charge in [0, 0.05) is 6.54 Å². The zero-order valence-corrected chi connectivity index (χ0v) is 29.3. The lowest BCUT2D eigenvalue weighted by molar-refractivity contribution is -0.150. The Balaban J connectivity index is 0.850. The highest BCUT2D eigenvalue weighted by Gasteiger charge is 2.61. The van der Waals surface area contributed by atoms with Crippen LogP contribution in [0.5, 0.6) is 11.6 Å². The van der Waals surface area contributed by atoms with Gasteiger partial charge in [-0.2, -0.15) is 13.2 Å². The average Bonchev–Trinajstić information content (AvgIpc) is 3.41. The van der Waals surface area contributed by atoms with Crippen molar-refractivity contribution in [2.45, 2.75) is 100 Å². The van der Waals surface area contributed by atoms with Crippen molar-refractivity contribution < 1.29 is 47.9 Å². The van der Waals surface area contributed by atoms with Crippen LogP contribution < -0.4 is 15.4 Å². The number of phenolic OH excluding ortho intramolecular Hbond substituents is 1. The number of alkyl halides is 3. The fraction of sp³-hybridized carbons (Fsp3) is 0.595. The normalized spacial score (nSPS) is 32.2. The number of amides is 1. The first-order valence-corrected chi connectivity index (χ1v) is 18.2. The van der Waals surface area contributed by atoms with Crippen LogP contribution in [0.2, 0.25) is 0 Å². The quantitative estimate of drug-likeness (QED) is 0.165. The van der Waals surface area contributed by atoms with E-state index in [9.17, 15) is 38.4 Å². The maximum absolute atomic E-state index is 13.0. The van der Waals surface area contributed by atoms with E-state index in [4.69, 9.17) is 9.47 Å². The minimum Gasteiger partial charge on any atom is -0.508 e. The van der Waals surface area contributed by atoms with Crippen LogP contribution >= 0.6 is 0 Å². The van der Waals surface area contributed by atoms with E-state index < -0.39 is 47.7 Å². The first-order chi connectivity index (χ1) is 25.3. The maximum Gasteiger partial charge on any atom is 0.434 e. The molecule has 286 valence electrons. The third-order valence-electron chi connectivity index (χ3n) is 12.2. The predicted octanol–water partition coefficient (Wildman–Crippen LogP) is 3.77. The van der Waals surface area contributed by atoms with Crippen LogP contribution in [0, 0.1) is 17.3 Å². The van der Waals surface area contributed by atoms with Crippen LogP contribution in [0.3, 0.4) is 0 Å². The first kappa shape index (κ1) is 37.2. The molecule has 2 saturated carbocycles. The van der Waals surface area contributed by atoms with Crippen molar-refractivity contribution in [1.82, 2.24) is 25.3 Å². The van der Waals surface area contributed by atoms with Gasteiger partial charge < -0.3 is 40.5 Å². The summed E-state index contributed by atoms with van der Waals surface area (Å²) in [6.45, 7) is 2.22. The highest BCUT2D eigenvalue weighted by atomic mass is 19.4. The van der Waals surface area contributed by atoms with E-state index >= 15 is 0 Å². The fourth-order valence-corrected chi connectivity index (χ4v) is 9.36. The number of aliphatic hydroxyl groups is 3. The topological polar surface area (TPSA) is 192 Å². The second kappa shape index (κ2) is 14.6. The second-order valence-corrected chi connectivity index (χ2v) is 15.1. The van der Waals surface area contributed by atoms with Crippen LogP contribution in [0.1, 0.15) is 85.1 Å². The summed E-state index contributed by atoms with van der Waals surface area (Å²) in [5.41, 5.74) is 0.489. The van der Waals surface area contributed by atoms with Gasteiger partial charge in [-0.1, -0.05) is 13.0 Å². The maximum atomic E-state index is 13.0. The smallest absolute Gasteiger partial charge is 0.434 e. The molecule has 1 amide bonds. The van der Waals surface area contributed by atoms with Gasteiger partial charge >= 0.3 is 6.18 Å². The molecular weight excluding hydrogens is 697 g/mol. The number of nitrogens with zero attached hydrogens (tertiary/aromatic N) is 4. The number of carbonyl (C=O) groups is 1. The fourth-order valence-electron chi connectivity index (χ4n) is 9.36. The van der Waals surface area contributed by atoms with E-state index in [0.29, 0.717) is 49.1 Å². The molecule has 3 aromatic rings. The third-order valence-corrected chi connectivity index (χ3v) is 12.2. The number of ether oxygens (including phenoxy) is 2. The van der Waals surface area contributed by atoms with E-state index in [1.807, 2.05) is 6.07 Å². The van der Waals surface area contributed by atoms with E-state index in [1.54, 1.807) is 6.07 Å². The number of fused-ring (bicyclic) bond motifs is 5. The molecule has 6 N–H and O–H groups in total. The number of aromatic hydroxyl groups is 1. The third kappa shape index (κ3) is 7.38. The summed E-state index contributed by atoms with van der Waals surface area (Å²) in [5.74, 6) is 1.12. The van der Waals surface area contributed by atoms with Gasteiger partial charge in [0.2, 0.25) is 5.88 Å². The number of anilines is 1. The largest absolute Gasteiger partial charge is 0.508 e. The Labute approximate surface area is 304 Å². The van der Waals surface area contributed by atoms with Gasteiger partial charge in [0.1, 0.15) is 42.2 Å². The van der Waals surface area contributed by atoms with Crippen LogP contribution in [-0.4, -0.2) is 96.0 Å². The van der Waals surface area contributed by atoms with E-state index in [1.165, 1.54) is 23.5 Å². The molecule has 1 aliphatic heterocycles. The van der Waals surface area contributed by atoms with E-state index in [2.05, 4.69) is 43.6 Å². The van der Waals surface area contributed by atoms with Crippen LogP contribution in [-0.2, 0) is 17.3 Å². The first-order valence-electron chi connectivity index (χ1n) is 18.2. The number of carbonyl (C=O) groups excluding carboxylic acids is 1. The van der Waals surface area contributed by atoms with E-state index in [-0.39, 0.29) is 36.0 Å². The van der Waals surface area contributed by atoms with Crippen molar-refractivity contribution in [3.05, 3.63) is 65.5 Å². The molecule has 0 unspecified atom stereocenters.